The minimum Gasteiger partial charge on any atom is -0.490 e. The zero-order valence-corrected chi connectivity index (χ0v) is 13.7. The SMILES string of the molecule is FC(F)(F)CNCCOc1c(Br)cc(Br)cc1Br. The van der Waals surface area contributed by atoms with Crippen molar-refractivity contribution >= 4 is 47.8 Å². The third kappa shape index (κ3) is 5.90. The molecule has 0 spiro atoms. The molecule has 18 heavy (non-hydrogen) atoms. The number of halogens is 6. The van der Waals surface area contributed by atoms with Crippen LogP contribution in [-0.4, -0.2) is 25.9 Å². The van der Waals surface area contributed by atoms with Crippen LogP contribution in [0.1, 0.15) is 0 Å². The third-order valence-electron chi connectivity index (χ3n) is 1.81. The van der Waals surface area contributed by atoms with E-state index in [-0.39, 0.29) is 13.2 Å². The maximum atomic E-state index is 11.9. The lowest BCUT2D eigenvalue weighted by molar-refractivity contribution is -0.124. The molecule has 0 saturated heterocycles. The molecule has 0 amide bonds. The molecule has 2 nitrogen and oxygen atoms in total. The minimum atomic E-state index is -4.20. The van der Waals surface area contributed by atoms with E-state index in [9.17, 15) is 13.2 Å². The van der Waals surface area contributed by atoms with Crippen molar-refractivity contribution in [2.75, 3.05) is 19.7 Å². The van der Waals surface area contributed by atoms with Gasteiger partial charge in [-0.2, -0.15) is 13.2 Å². The normalized spacial score (nSPS) is 11.7. The monoisotopic (exact) mass is 453 g/mol. The fourth-order valence-corrected chi connectivity index (χ4v) is 3.61. The van der Waals surface area contributed by atoms with Crippen molar-refractivity contribution in [3.63, 3.8) is 0 Å². The molecule has 0 aliphatic carbocycles. The summed E-state index contributed by atoms with van der Waals surface area (Å²) in [5.41, 5.74) is 0. The number of rotatable bonds is 5. The van der Waals surface area contributed by atoms with Crippen LogP contribution in [0.2, 0.25) is 0 Å². The highest BCUT2D eigenvalue weighted by Crippen LogP contribution is 2.36. The summed E-state index contributed by atoms with van der Waals surface area (Å²) in [5.74, 6) is 0.562. The Morgan fingerprint density at radius 1 is 1.11 bits per heavy atom. The summed E-state index contributed by atoms with van der Waals surface area (Å²) in [7, 11) is 0. The van der Waals surface area contributed by atoms with E-state index in [4.69, 9.17) is 4.74 Å². The van der Waals surface area contributed by atoms with Crippen molar-refractivity contribution in [2.24, 2.45) is 0 Å². The summed E-state index contributed by atoms with van der Waals surface area (Å²) >= 11 is 9.94. The first-order valence-electron chi connectivity index (χ1n) is 4.84. The Balaban J connectivity index is 2.41. The Kier molecular flexibility index (Phi) is 6.43. The Hall–Kier alpha value is 0.210. The van der Waals surface area contributed by atoms with Crippen LogP contribution in [0, 0.1) is 0 Å². The van der Waals surface area contributed by atoms with E-state index in [1.54, 1.807) is 12.1 Å². The number of benzene rings is 1. The van der Waals surface area contributed by atoms with Crippen molar-refractivity contribution in [1.29, 1.82) is 0 Å². The lowest BCUT2D eigenvalue weighted by Crippen LogP contribution is -2.31. The van der Waals surface area contributed by atoms with E-state index >= 15 is 0 Å². The molecule has 0 aliphatic rings. The molecule has 1 aromatic carbocycles. The number of hydrogen-bond donors (Lipinski definition) is 1. The standard InChI is InChI=1S/C10H9Br3F3NO/c11-6-3-7(12)9(8(13)4-6)18-2-1-17-5-10(14,15)16/h3-4,17H,1-2,5H2. The molecular formula is C10H9Br3F3NO. The first kappa shape index (κ1) is 16.3. The topological polar surface area (TPSA) is 21.3 Å². The number of hydrogen-bond acceptors (Lipinski definition) is 2. The molecule has 0 aliphatic heterocycles. The molecule has 0 atom stereocenters. The summed E-state index contributed by atoms with van der Waals surface area (Å²) in [6.45, 7) is -0.748. The van der Waals surface area contributed by atoms with Crippen LogP contribution < -0.4 is 10.1 Å². The Bertz CT molecular complexity index is 389. The van der Waals surface area contributed by atoms with Gasteiger partial charge in [-0.05, 0) is 44.0 Å². The summed E-state index contributed by atoms with van der Waals surface area (Å²) in [6, 6.07) is 3.59. The Morgan fingerprint density at radius 3 is 2.17 bits per heavy atom. The van der Waals surface area contributed by atoms with Gasteiger partial charge >= 0.3 is 6.18 Å². The zero-order chi connectivity index (χ0) is 13.8. The third-order valence-corrected chi connectivity index (χ3v) is 3.45. The Labute approximate surface area is 128 Å². The molecular weight excluding hydrogens is 447 g/mol. The molecule has 1 rings (SSSR count). The largest absolute Gasteiger partial charge is 0.490 e. The van der Waals surface area contributed by atoms with E-state index < -0.39 is 12.7 Å². The predicted octanol–water partition coefficient (Wildman–Crippen LogP) is 4.50. The average molecular weight is 456 g/mol. The van der Waals surface area contributed by atoms with Crippen molar-refractivity contribution in [3.05, 3.63) is 25.6 Å². The van der Waals surface area contributed by atoms with Crippen molar-refractivity contribution in [2.45, 2.75) is 6.18 Å². The molecule has 1 N–H and O–H groups in total. The van der Waals surface area contributed by atoms with Crippen LogP contribution in [0.15, 0.2) is 25.6 Å². The van der Waals surface area contributed by atoms with Crippen LogP contribution in [0.4, 0.5) is 13.2 Å². The second-order valence-corrected chi connectivity index (χ2v) is 5.96. The van der Waals surface area contributed by atoms with Crippen LogP contribution in [-0.2, 0) is 0 Å². The maximum Gasteiger partial charge on any atom is 0.401 e. The van der Waals surface area contributed by atoms with Gasteiger partial charge in [0.15, 0.2) is 0 Å². The van der Waals surface area contributed by atoms with E-state index in [0.29, 0.717) is 5.75 Å². The second-order valence-electron chi connectivity index (χ2n) is 3.34. The molecule has 1 aromatic rings. The molecule has 0 bridgehead atoms. The van der Waals surface area contributed by atoms with Gasteiger partial charge in [0.05, 0.1) is 15.5 Å². The number of nitrogens with one attached hydrogen (secondary N) is 1. The molecule has 0 unspecified atom stereocenters. The zero-order valence-electron chi connectivity index (χ0n) is 8.95. The van der Waals surface area contributed by atoms with Crippen LogP contribution in [0.25, 0.3) is 0 Å². The van der Waals surface area contributed by atoms with Gasteiger partial charge in [0, 0.05) is 11.0 Å². The van der Waals surface area contributed by atoms with Crippen LogP contribution >= 0.6 is 47.8 Å². The van der Waals surface area contributed by atoms with Gasteiger partial charge in [-0.15, -0.1) is 0 Å². The molecule has 0 saturated carbocycles. The van der Waals surface area contributed by atoms with Crippen LogP contribution in [0.5, 0.6) is 5.75 Å². The van der Waals surface area contributed by atoms with E-state index in [1.165, 1.54) is 0 Å². The first-order chi connectivity index (χ1) is 8.29. The fourth-order valence-electron chi connectivity index (χ4n) is 1.12. The smallest absolute Gasteiger partial charge is 0.401 e. The van der Waals surface area contributed by atoms with Gasteiger partial charge in [-0.3, -0.25) is 0 Å². The highest BCUT2D eigenvalue weighted by molar-refractivity contribution is 9.11. The van der Waals surface area contributed by atoms with Gasteiger partial charge in [0.25, 0.3) is 0 Å². The van der Waals surface area contributed by atoms with Crippen molar-refractivity contribution in [1.82, 2.24) is 5.32 Å². The molecule has 8 heteroatoms. The summed E-state index contributed by atoms with van der Waals surface area (Å²) < 4.78 is 43.3. The average Bonchev–Trinajstić information content (AvgIpc) is 2.19. The maximum absolute atomic E-state index is 11.9. The lowest BCUT2D eigenvalue weighted by atomic mass is 10.3. The van der Waals surface area contributed by atoms with E-state index in [1.807, 2.05) is 0 Å². The molecule has 0 heterocycles. The second kappa shape index (κ2) is 7.12. The first-order valence-corrected chi connectivity index (χ1v) is 7.22. The highest BCUT2D eigenvalue weighted by atomic mass is 79.9. The molecule has 0 aromatic heterocycles. The van der Waals surface area contributed by atoms with E-state index in [0.717, 1.165) is 13.4 Å². The molecule has 0 radical (unpaired) electrons. The van der Waals surface area contributed by atoms with Gasteiger partial charge < -0.3 is 10.1 Å². The molecule has 102 valence electrons. The van der Waals surface area contributed by atoms with E-state index in [2.05, 4.69) is 53.1 Å². The summed E-state index contributed by atoms with van der Waals surface area (Å²) in [5, 5.41) is 2.26. The molecule has 0 fully saturated rings. The van der Waals surface area contributed by atoms with Gasteiger partial charge in [-0.25, -0.2) is 0 Å². The van der Waals surface area contributed by atoms with Crippen LogP contribution in [0.3, 0.4) is 0 Å². The van der Waals surface area contributed by atoms with Gasteiger partial charge in [0.1, 0.15) is 12.4 Å². The van der Waals surface area contributed by atoms with Crippen molar-refractivity contribution < 1.29 is 17.9 Å². The summed E-state index contributed by atoms with van der Waals surface area (Å²) in [6.07, 6.45) is -4.20. The highest BCUT2D eigenvalue weighted by Gasteiger charge is 2.25. The fraction of sp³-hybridized carbons (Fsp3) is 0.400. The van der Waals surface area contributed by atoms with Crippen molar-refractivity contribution in [3.8, 4) is 5.75 Å². The minimum absolute atomic E-state index is 0.119. The lowest BCUT2D eigenvalue weighted by Gasteiger charge is -2.12. The van der Waals surface area contributed by atoms with Gasteiger partial charge in [0.2, 0.25) is 0 Å². The number of ether oxygens (including phenoxy) is 1. The van der Waals surface area contributed by atoms with Gasteiger partial charge in [-0.1, -0.05) is 15.9 Å². The predicted molar refractivity (Wildman–Crippen MR) is 74.0 cm³/mol. The quantitative estimate of drug-likeness (QED) is 0.660. The summed E-state index contributed by atoms with van der Waals surface area (Å²) in [4.78, 5) is 0. The number of alkyl halides is 3. The Morgan fingerprint density at radius 2 is 1.67 bits per heavy atom.